The summed E-state index contributed by atoms with van der Waals surface area (Å²) in [5.74, 6) is 0.721. The molecular formula is C22H23N3OS2. The summed E-state index contributed by atoms with van der Waals surface area (Å²) < 4.78 is 3.05. The van der Waals surface area contributed by atoms with Gasteiger partial charge in [-0.2, -0.15) is 0 Å². The van der Waals surface area contributed by atoms with Gasteiger partial charge in [-0.15, -0.1) is 11.3 Å². The van der Waals surface area contributed by atoms with E-state index in [1.54, 1.807) is 23.1 Å². The molecule has 4 aromatic rings. The second-order valence-electron chi connectivity index (χ2n) is 6.79. The molecule has 0 N–H and O–H groups in total. The van der Waals surface area contributed by atoms with Gasteiger partial charge in [0.05, 0.1) is 26.9 Å². The van der Waals surface area contributed by atoms with Crippen LogP contribution in [0, 0.1) is 0 Å². The fourth-order valence-electron chi connectivity index (χ4n) is 3.26. The zero-order valence-electron chi connectivity index (χ0n) is 15.9. The summed E-state index contributed by atoms with van der Waals surface area (Å²) in [6.07, 6.45) is 4.52. The molecule has 0 saturated carbocycles. The lowest BCUT2D eigenvalue weighted by Gasteiger charge is -2.12. The lowest BCUT2D eigenvalue weighted by Crippen LogP contribution is -2.23. The normalized spacial score (nSPS) is 11.5. The minimum atomic E-state index is 0.0638. The smallest absolute Gasteiger partial charge is 0.262 e. The summed E-state index contributed by atoms with van der Waals surface area (Å²) in [7, 11) is 0. The minimum absolute atomic E-state index is 0.0638. The molecule has 0 aliphatic carbocycles. The van der Waals surface area contributed by atoms with Crippen molar-refractivity contribution in [3.63, 3.8) is 0 Å². The number of benzene rings is 2. The Hall–Kier alpha value is -2.18. The monoisotopic (exact) mass is 409 g/mol. The van der Waals surface area contributed by atoms with Crippen molar-refractivity contribution in [1.82, 2.24) is 14.5 Å². The second kappa shape index (κ2) is 8.88. The van der Waals surface area contributed by atoms with Crippen molar-refractivity contribution < 1.29 is 0 Å². The van der Waals surface area contributed by atoms with Crippen LogP contribution in [0.2, 0.25) is 0 Å². The molecule has 0 aliphatic heterocycles. The van der Waals surface area contributed by atoms with Gasteiger partial charge >= 0.3 is 0 Å². The molecule has 0 bridgehead atoms. The van der Waals surface area contributed by atoms with E-state index in [0.717, 1.165) is 46.3 Å². The van der Waals surface area contributed by atoms with Crippen LogP contribution in [0.5, 0.6) is 0 Å². The zero-order chi connectivity index (χ0) is 19.3. The Morgan fingerprint density at radius 2 is 1.75 bits per heavy atom. The standard InChI is InChI=1S/C22H23N3OS2/c1-2-3-4-9-14-25-21(26)16-10-5-6-11-17(16)24-22(25)27-15-20-23-18-12-7-8-13-19(18)28-20/h5-8,10-13H,2-4,9,14-15H2,1H3. The van der Waals surface area contributed by atoms with Crippen LogP contribution in [0.25, 0.3) is 21.1 Å². The molecule has 2 aromatic heterocycles. The van der Waals surface area contributed by atoms with E-state index in [2.05, 4.69) is 13.0 Å². The van der Waals surface area contributed by atoms with Crippen molar-refractivity contribution in [3.05, 3.63) is 63.9 Å². The van der Waals surface area contributed by atoms with Gasteiger partial charge in [0.2, 0.25) is 0 Å². The van der Waals surface area contributed by atoms with Crippen LogP contribution in [-0.2, 0) is 12.3 Å². The topological polar surface area (TPSA) is 47.8 Å². The van der Waals surface area contributed by atoms with Crippen molar-refractivity contribution >= 4 is 44.2 Å². The first-order valence-corrected chi connectivity index (χ1v) is 11.5. The highest BCUT2D eigenvalue weighted by Crippen LogP contribution is 2.28. The lowest BCUT2D eigenvalue weighted by molar-refractivity contribution is 0.531. The molecule has 0 aliphatic rings. The molecule has 0 spiro atoms. The van der Waals surface area contributed by atoms with Gasteiger partial charge in [-0.1, -0.05) is 62.2 Å². The van der Waals surface area contributed by atoms with E-state index in [4.69, 9.17) is 9.97 Å². The van der Waals surface area contributed by atoms with Crippen LogP contribution < -0.4 is 5.56 Å². The molecule has 4 nitrogen and oxygen atoms in total. The van der Waals surface area contributed by atoms with Gasteiger partial charge in [-0.25, -0.2) is 9.97 Å². The number of nitrogens with zero attached hydrogens (tertiary/aromatic N) is 3. The summed E-state index contributed by atoms with van der Waals surface area (Å²) >= 11 is 3.32. The number of fused-ring (bicyclic) bond motifs is 2. The minimum Gasteiger partial charge on any atom is -0.287 e. The molecule has 144 valence electrons. The van der Waals surface area contributed by atoms with Crippen LogP contribution >= 0.6 is 23.1 Å². The first-order chi connectivity index (χ1) is 13.8. The van der Waals surface area contributed by atoms with E-state index in [1.807, 2.05) is 47.0 Å². The molecule has 0 radical (unpaired) electrons. The highest BCUT2D eigenvalue weighted by atomic mass is 32.2. The number of thioether (sulfide) groups is 1. The number of unbranched alkanes of at least 4 members (excludes halogenated alkanes) is 3. The SMILES string of the molecule is CCCCCCn1c(SCc2nc3ccccc3s2)nc2ccccc2c1=O. The maximum absolute atomic E-state index is 13.1. The Kier molecular flexibility index (Phi) is 6.07. The third-order valence-electron chi connectivity index (χ3n) is 4.72. The van der Waals surface area contributed by atoms with E-state index in [1.165, 1.54) is 17.5 Å². The van der Waals surface area contributed by atoms with Gasteiger partial charge in [0.15, 0.2) is 5.16 Å². The Balaban J connectivity index is 1.62. The van der Waals surface area contributed by atoms with E-state index >= 15 is 0 Å². The third kappa shape index (κ3) is 4.13. The summed E-state index contributed by atoms with van der Waals surface area (Å²) in [6, 6.07) is 15.8. The van der Waals surface area contributed by atoms with Crippen LogP contribution in [0.4, 0.5) is 0 Å². The van der Waals surface area contributed by atoms with E-state index in [9.17, 15) is 4.79 Å². The van der Waals surface area contributed by atoms with Crippen molar-refractivity contribution in [2.45, 2.75) is 50.1 Å². The number of hydrogen-bond acceptors (Lipinski definition) is 5. The number of hydrogen-bond donors (Lipinski definition) is 0. The Labute approximate surface area is 172 Å². The average Bonchev–Trinajstić information content (AvgIpc) is 3.14. The van der Waals surface area contributed by atoms with Gasteiger partial charge in [-0.05, 0) is 30.7 Å². The molecule has 0 atom stereocenters. The second-order valence-corrected chi connectivity index (χ2v) is 8.85. The fraction of sp³-hybridized carbons (Fsp3) is 0.318. The fourth-order valence-corrected chi connectivity index (χ4v) is 5.24. The molecule has 2 aromatic carbocycles. The van der Waals surface area contributed by atoms with Crippen molar-refractivity contribution in [3.8, 4) is 0 Å². The van der Waals surface area contributed by atoms with Crippen LogP contribution in [-0.4, -0.2) is 14.5 Å². The maximum Gasteiger partial charge on any atom is 0.262 e. The van der Waals surface area contributed by atoms with Gasteiger partial charge < -0.3 is 0 Å². The molecule has 4 rings (SSSR count). The Morgan fingerprint density at radius 1 is 0.964 bits per heavy atom. The van der Waals surface area contributed by atoms with E-state index < -0.39 is 0 Å². The molecule has 0 unspecified atom stereocenters. The molecule has 0 saturated heterocycles. The van der Waals surface area contributed by atoms with Gasteiger partial charge in [0.25, 0.3) is 5.56 Å². The maximum atomic E-state index is 13.1. The number of rotatable bonds is 8. The number of para-hydroxylation sites is 2. The summed E-state index contributed by atoms with van der Waals surface area (Å²) in [6.45, 7) is 2.92. The lowest BCUT2D eigenvalue weighted by atomic mass is 10.2. The summed E-state index contributed by atoms with van der Waals surface area (Å²) in [4.78, 5) is 22.6. The van der Waals surface area contributed by atoms with Crippen LogP contribution in [0.15, 0.2) is 58.5 Å². The summed E-state index contributed by atoms with van der Waals surface area (Å²) in [5, 5.41) is 2.55. The molecular weight excluding hydrogens is 386 g/mol. The van der Waals surface area contributed by atoms with Crippen molar-refractivity contribution in [1.29, 1.82) is 0 Å². The summed E-state index contributed by atoms with van der Waals surface area (Å²) in [5.41, 5.74) is 1.87. The van der Waals surface area contributed by atoms with Gasteiger partial charge in [0, 0.05) is 6.54 Å². The predicted octanol–water partition coefficient (Wildman–Crippen LogP) is 5.88. The highest BCUT2D eigenvalue weighted by Gasteiger charge is 2.13. The van der Waals surface area contributed by atoms with E-state index in [-0.39, 0.29) is 5.56 Å². The van der Waals surface area contributed by atoms with Crippen LogP contribution in [0.1, 0.15) is 37.6 Å². The predicted molar refractivity (Wildman–Crippen MR) is 119 cm³/mol. The van der Waals surface area contributed by atoms with Crippen molar-refractivity contribution in [2.24, 2.45) is 0 Å². The zero-order valence-corrected chi connectivity index (χ0v) is 17.6. The molecule has 0 fully saturated rings. The quantitative estimate of drug-likeness (QED) is 0.207. The molecule has 0 amide bonds. The largest absolute Gasteiger partial charge is 0.287 e. The Morgan fingerprint density at radius 3 is 2.57 bits per heavy atom. The number of thiazole rings is 1. The average molecular weight is 410 g/mol. The first-order valence-electron chi connectivity index (χ1n) is 9.73. The van der Waals surface area contributed by atoms with Gasteiger partial charge in [-0.3, -0.25) is 9.36 Å². The van der Waals surface area contributed by atoms with Gasteiger partial charge in [0.1, 0.15) is 5.01 Å². The number of aromatic nitrogens is 3. The first kappa shape index (κ1) is 19.2. The highest BCUT2D eigenvalue weighted by molar-refractivity contribution is 7.98. The third-order valence-corrected chi connectivity index (χ3v) is 6.93. The van der Waals surface area contributed by atoms with Crippen LogP contribution in [0.3, 0.4) is 0 Å². The molecule has 6 heteroatoms. The Bertz CT molecular complexity index is 1120. The molecule has 28 heavy (non-hydrogen) atoms. The van der Waals surface area contributed by atoms with Crippen molar-refractivity contribution in [2.75, 3.05) is 0 Å². The molecule has 2 heterocycles. The van der Waals surface area contributed by atoms with E-state index in [0.29, 0.717) is 5.39 Å².